The topological polar surface area (TPSA) is 41.1 Å². The molecular weight excluding hydrogens is 381 g/mol. The van der Waals surface area contributed by atoms with Gasteiger partial charge in [0.1, 0.15) is 5.15 Å². The predicted octanol–water partition coefficient (Wildman–Crippen LogP) is 5.78. The van der Waals surface area contributed by atoms with Gasteiger partial charge in [0.05, 0.1) is 18.4 Å². The number of nitrogens with one attached hydrogen (secondary N) is 1. The average Bonchev–Trinajstić information content (AvgIpc) is 3.07. The Balaban J connectivity index is 1.36. The highest BCUT2D eigenvalue weighted by atomic mass is 35.5. The Morgan fingerprint density at radius 3 is 2.67 bits per heavy atom. The molecule has 4 nitrogen and oxygen atoms in total. The maximum Gasteiger partial charge on any atom is 0.132 e. The standard InChI is InChI=1S/C21H23Cl2N3O/c1-14(18-11-17(22)12-19-20(18)24-25-21(19)23)27-13-26-9-7-16(8-10-26)15-5-3-2-4-6-15/h2-6,11-12,14,16H,7-10,13H2,1H3,(H,24,25)/t14-/m1/s1. The van der Waals surface area contributed by atoms with Crippen LogP contribution in [0.2, 0.25) is 10.2 Å². The molecule has 0 radical (unpaired) electrons. The van der Waals surface area contributed by atoms with E-state index in [-0.39, 0.29) is 6.10 Å². The molecule has 27 heavy (non-hydrogen) atoms. The zero-order chi connectivity index (χ0) is 18.8. The highest BCUT2D eigenvalue weighted by Crippen LogP contribution is 2.33. The zero-order valence-electron chi connectivity index (χ0n) is 15.3. The number of hydrogen-bond acceptors (Lipinski definition) is 3. The smallest absolute Gasteiger partial charge is 0.132 e. The summed E-state index contributed by atoms with van der Waals surface area (Å²) in [5.41, 5.74) is 3.22. The van der Waals surface area contributed by atoms with Crippen molar-refractivity contribution < 1.29 is 4.74 Å². The number of fused-ring (bicyclic) bond motifs is 1. The SMILES string of the molecule is C[C@@H](OCN1CCC(c2ccccc2)CC1)c1cc(Cl)cc2c(Cl)[nH]nc12. The highest BCUT2D eigenvalue weighted by Gasteiger charge is 2.22. The second-order valence-corrected chi connectivity index (χ2v) is 7.98. The van der Waals surface area contributed by atoms with E-state index in [0.717, 1.165) is 42.4 Å². The maximum atomic E-state index is 6.25. The lowest BCUT2D eigenvalue weighted by molar-refractivity contribution is -0.0240. The summed E-state index contributed by atoms with van der Waals surface area (Å²) in [7, 11) is 0. The van der Waals surface area contributed by atoms with Gasteiger partial charge in [-0.2, -0.15) is 5.10 Å². The lowest BCUT2D eigenvalue weighted by Gasteiger charge is -2.32. The molecule has 0 saturated carbocycles. The number of rotatable bonds is 5. The first-order valence-electron chi connectivity index (χ1n) is 9.33. The Bertz CT molecular complexity index is 904. The number of ether oxygens (including phenoxy) is 1. The molecule has 1 atom stereocenters. The van der Waals surface area contributed by atoms with E-state index in [1.165, 1.54) is 5.56 Å². The van der Waals surface area contributed by atoms with Gasteiger partial charge in [-0.25, -0.2) is 0 Å². The molecule has 1 saturated heterocycles. The monoisotopic (exact) mass is 403 g/mol. The van der Waals surface area contributed by atoms with Crippen molar-refractivity contribution >= 4 is 34.1 Å². The van der Waals surface area contributed by atoms with Crippen LogP contribution in [0.25, 0.3) is 10.9 Å². The number of piperidine rings is 1. The molecule has 3 aromatic rings. The minimum Gasteiger partial charge on any atom is -0.358 e. The fraction of sp³-hybridized carbons (Fsp3) is 0.381. The Hall–Kier alpha value is -1.59. The summed E-state index contributed by atoms with van der Waals surface area (Å²) in [5.74, 6) is 0.652. The van der Waals surface area contributed by atoms with Crippen LogP contribution in [-0.4, -0.2) is 34.9 Å². The number of hydrogen-bond donors (Lipinski definition) is 1. The Kier molecular flexibility index (Phi) is 5.69. The third-order valence-electron chi connectivity index (χ3n) is 5.41. The first kappa shape index (κ1) is 18.8. The van der Waals surface area contributed by atoms with Gasteiger partial charge in [-0.15, -0.1) is 0 Å². The third-order valence-corrected chi connectivity index (χ3v) is 5.92. The molecule has 2 aromatic carbocycles. The van der Waals surface area contributed by atoms with Crippen LogP contribution in [0.4, 0.5) is 0 Å². The fourth-order valence-corrected chi connectivity index (χ4v) is 4.23. The molecule has 1 aromatic heterocycles. The van der Waals surface area contributed by atoms with Gasteiger partial charge in [-0.05, 0) is 43.4 Å². The number of nitrogens with zero attached hydrogens (tertiary/aromatic N) is 2. The van der Waals surface area contributed by atoms with Gasteiger partial charge in [-0.3, -0.25) is 10.00 Å². The number of likely N-dealkylation sites (tertiary alicyclic amines) is 1. The summed E-state index contributed by atoms with van der Waals surface area (Å²) in [6, 6.07) is 14.5. The quantitative estimate of drug-likeness (QED) is 0.586. The summed E-state index contributed by atoms with van der Waals surface area (Å²) in [6.45, 7) is 4.73. The average molecular weight is 404 g/mol. The number of H-pyrrole nitrogens is 1. The van der Waals surface area contributed by atoms with Gasteiger partial charge in [0.15, 0.2) is 0 Å². The van der Waals surface area contributed by atoms with E-state index >= 15 is 0 Å². The van der Waals surface area contributed by atoms with E-state index in [1.807, 2.05) is 19.1 Å². The largest absolute Gasteiger partial charge is 0.358 e. The number of aromatic nitrogens is 2. The Morgan fingerprint density at radius 2 is 1.93 bits per heavy atom. The van der Waals surface area contributed by atoms with E-state index in [1.54, 1.807) is 0 Å². The van der Waals surface area contributed by atoms with Crippen molar-refractivity contribution in [2.24, 2.45) is 0 Å². The number of halogens is 2. The lowest BCUT2D eigenvalue weighted by atomic mass is 9.90. The number of benzene rings is 2. The molecule has 2 heterocycles. The normalized spacial score (nSPS) is 17.4. The summed E-state index contributed by atoms with van der Waals surface area (Å²) in [4.78, 5) is 2.37. The van der Waals surface area contributed by atoms with Gasteiger partial charge in [-0.1, -0.05) is 53.5 Å². The molecule has 1 aliphatic rings. The Labute approximate surface area is 169 Å². The molecular formula is C21H23Cl2N3O. The van der Waals surface area contributed by atoms with Crippen LogP contribution in [0.15, 0.2) is 42.5 Å². The second-order valence-electron chi connectivity index (χ2n) is 7.17. The molecule has 0 bridgehead atoms. The van der Waals surface area contributed by atoms with Crippen LogP contribution in [0, 0.1) is 0 Å². The van der Waals surface area contributed by atoms with Gasteiger partial charge < -0.3 is 4.74 Å². The second kappa shape index (κ2) is 8.19. The molecule has 1 fully saturated rings. The van der Waals surface area contributed by atoms with E-state index in [2.05, 4.69) is 45.4 Å². The first-order chi connectivity index (χ1) is 13.1. The van der Waals surface area contributed by atoms with E-state index in [9.17, 15) is 0 Å². The molecule has 1 aliphatic heterocycles. The van der Waals surface area contributed by atoms with Crippen LogP contribution >= 0.6 is 23.2 Å². The Morgan fingerprint density at radius 1 is 1.19 bits per heavy atom. The molecule has 0 aliphatic carbocycles. The highest BCUT2D eigenvalue weighted by molar-refractivity contribution is 6.36. The molecule has 0 spiro atoms. The minimum absolute atomic E-state index is 0.114. The van der Waals surface area contributed by atoms with Crippen molar-refractivity contribution in [3.8, 4) is 0 Å². The van der Waals surface area contributed by atoms with Gasteiger partial charge in [0, 0.05) is 29.1 Å². The third kappa shape index (κ3) is 4.14. The van der Waals surface area contributed by atoms with Crippen molar-refractivity contribution in [3.63, 3.8) is 0 Å². The fourth-order valence-electron chi connectivity index (χ4n) is 3.82. The minimum atomic E-state index is -0.114. The van der Waals surface area contributed by atoms with Crippen LogP contribution in [-0.2, 0) is 4.74 Å². The summed E-state index contributed by atoms with van der Waals surface area (Å²) < 4.78 is 6.15. The van der Waals surface area contributed by atoms with Crippen LogP contribution in [0.1, 0.15) is 42.9 Å². The first-order valence-corrected chi connectivity index (χ1v) is 10.1. The van der Waals surface area contributed by atoms with Crippen molar-refractivity contribution in [2.45, 2.75) is 31.8 Å². The lowest BCUT2D eigenvalue weighted by Crippen LogP contribution is -2.35. The van der Waals surface area contributed by atoms with Gasteiger partial charge in [0.2, 0.25) is 0 Å². The zero-order valence-corrected chi connectivity index (χ0v) is 16.8. The maximum absolute atomic E-state index is 6.25. The van der Waals surface area contributed by atoms with Crippen LogP contribution in [0.3, 0.4) is 0 Å². The van der Waals surface area contributed by atoms with Crippen molar-refractivity contribution in [2.75, 3.05) is 19.8 Å². The summed E-state index contributed by atoms with van der Waals surface area (Å²) in [5, 5.41) is 9.10. The molecule has 1 N–H and O–H groups in total. The predicted molar refractivity (Wildman–Crippen MR) is 110 cm³/mol. The van der Waals surface area contributed by atoms with Gasteiger partial charge in [0.25, 0.3) is 0 Å². The van der Waals surface area contributed by atoms with Crippen molar-refractivity contribution in [3.05, 3.63) is 63.8 Å². The van der Waals surface area contributed by atoms with E-state index < -0.39 is 0 Å². The van der Waals surface area contributed by atoms with Crippen molar-refractivity contribution in [1.29, 1.82) is 0 Å². The number of aromatic amines is 1. The molecule has 0 unspecified atom stereocenters. The van der Waals surface area contributed by atoms with Gasteiger partial charge >= 0.3 is 0 Å². The van der Waals surface area contributed by atoms with Crippen LogP contribution in [0.5, 0.6) is 0 Å². The summed E-state index contributed by atoms with van der Waals surface area (Å²) >= 11 is 12.4. The van der Waals surface area contributed by atoms with Crippen LogP contribution < -0.4 is 0 Å². The molecule has 0 amide bonds. The summed E-state index contributed by atoms with van der Waals surface area (Å²) in [6.07, 6.45) is 2.22. The molecule has 4 rings (SSSR count). The molecule has 142 valence electrons. The van der Waals surface area contributed by atoms with E-state index in [4.69, 9.17) is 27.9 Å². The molecule has 6 heteroatoms. The van der Waals surface area contributed by atoms with Crippen molar-refractivity contribution in [1.82, 2.24) is 15.1 Å². The van der Waals surface area contributed by atoms with E-state index in [0.29, 0.717) is 22.8 Å².